The van der Waals surface area contributed by atoms with Crippen molar-refractivity contribution in [1.29, 1.82) is 5.26 Å². The van der Waals surface area contributed by atoms with Crippen molar-refractivity contribution in [3.05, 3.63) is 47.7 Å². The molecule has 0 saturated heterocycles. The number of aryl methyl sites for hydroxylation is 1. The first-order chi connectivity index (χ1) is 12.6. The van der Waals surface area contributed by atoms with Crippen molar-refractivity contribution in [2.45, 2.75) is 13.8 Å². The molecule has 3 aromatic rings. The highest BCUT2D eigenvalue weighted by Crippen LogP contribution is 2.37. The number of fused-ring (bicyclic) bond motifs is 1. The van der Waals surface area contributed by atoms with Crippen LogP contribution in [0.25, 0.3) is 10.9 Å². The van der Waals surface area contributed by atoms with E-state index in [1.54, 1.807) is 31.4 Å². The number of aromatic hydroxyl groups is 1. The lowest BCUT2D eigenvalue weighted by Crippen LogP contribution is -2.00. The number of nitriles is 1. The van der Waals surface area contributed by atoms with Gasteiger partial charge < -0.3 is 19.9 Å². The van der Waals surface area contributed by atoms with Crippen LogP contribution in [0.1, 0.15) is 18.1 Å². The molecule has 26 heavy (non-hydrogen) atoms. The molecule has 0 spiro atoms. The lowest BCUT2D eigenvalue weighted by molar-refractivity contribution is 0.311. The van der Waals surface area contributed by atoms with Gasteiger partial charge in [0.25, 0.3) is 0 Å². The standard InChI is InChI=1S/C20H19N3O3/c1-4-26-19-9-16-15(8-18(19)25-3)20(13(10-21)11-22-16)23-14-6-5-12(2)17(24)7-14/h5-9,11,24H,4H2,1-3H3,(H,22,23). The number of phenols is 1. The second-order valence-electron chi connectivity index (χ2n) is 5.74. The summed E-state index contributed by atoms with van der Waals surface area (Å²) in [5.74, 6) is 1.34. The first-order valence-electron chi connectivity index (χ1n) is 8.17. The number of hydrogen-bond acceptors (Lipinski definition) is 6. The summed E-state index contributed by atoms with van der Waals surface area (Å²) in [7, 11) is 1.57. The van der Waals surface area contributed by atoms with E-state index in [9.17, 15) is 10.4 Å². The molecule has 0 aliphatic heterocycles. The van der Waals surface area contributed by atoms with Gasteiger partial charge in [0.15, 0.2) is 11.5 Å². The molecular formula is C20H19N3O3. The van der Waals surface area contributed by atoms with Gasteiger partial charge in [0, 0.05) is 29.4 Å². The summed E-state index contributed by atoms with van der Waals surface area (Å²) < 4.78 is 11.0. The van der Waals surface area contributed by atoms with Gasteiger partial charge in [0.1, 0.15) is 11.8 Å². The molecule has 0 aliphatic carbocycles. The summed E-state index contributed by atoms with van der Waals surface area (Å²) in [5.41, 5.74) is 3.11. The van der Waals surface area contributed by atoms with E-state index in [2.05, 4.69) is 16.4 Å². The number of aromatic nitrogens is 1. The highest BCUT2D eigenvalue weighted by Gasteiger charge is 2.14. The van der Waals surface area contributed by atoms with Crippen LogP contribution >= 0.6 is 0 Å². The number of phenolic OH excluding ortho intramolecular Hbond substituents is 1. The summed E-state index contributed by atoms with van der Waals surface area (Å²) in [4.78, 5) is 4.36. The van der Waals surface area contributed by atoms with Gasteiger partial charge in [-0.2, -0.15) is 5.26 Å². The zero-order valence-electron chi connectivity index (χ0n) is 14.8. The fraction of sp³-hybridized carbons (Fsp3) is 0.200. The SMILES string of the molecule is CCOc1cc2ncc(C#N)c(Nc3ccc(C)c(O)c3)c2cc1OC. The van der Waals surface area contributed by atoms with Gasteiger partial charge in [-0.05, 0) is 31.5 Å². The van der Waals surface area contributed by atoms with E-state index in [-0.39, 0.29) is 5.75 Å². The average molecular weight is 349 g/mol. The lowest BCUT2D eigenvalue weighted by Gasteiger charge is -2.15. The van der Waals surface area contributed by atoms with Crippen LogP contribution in [-0.2, 0) is 0 Å². The maximum absolute atomic E-state index is 9.94. The predicted octanol–water partition coefficient (Wildman–Crippen LogP) is 4.27. The minimum atomic E-state index is 0.183. The van der Waals surface area contributed by atoms with Gasteiger partial charge in [-0.15, -0.1) is 0 Å². The number of methoxy groups -OCH3 is 1. The molecule has 0 aliphatic rings. The van der Waals surface area contributed by atoms with Crippen molar-refractivity contribution in [1.82, 2.24) is 4.98 Å². The molecule has 0 saturated carbocycles. The highest BCUT2D eigenvalue weighted by molar-refractivity contribution is 5.97. The number of nitrogens with one attached hydrogen (secondary N) is 1. The third-order valence-electron chi connectivity index (χ3n) is 4.05. The number of rotatable bonds is 5. The number of anilines is 2. The predicted molar refractivity (Wildman–Crippen MR) is 100 cm³/mol. The van der Waals surface area contributed by atoms with Crippen LogP contribution < -0.4 is 14.8 Å². The Kier molecular flexibility index (Phi) is 4.81. The second-order valence-corrected chi connectivity index (χ2v) is 5.74. The summed E-state index contributed by atoms with van der Waals surface area (Å²) in [5, 5.41) is 23.4. The number of benzene rings is 2. The first kappa shape index (κ1) is 17.4. The topological polar surface area (TPSA) is 87.4 Å². The number of hydrogen-bond donors (Lipinski definition) is 2. The molecule has 0 atom stereocenters. The normalized spacial score (nSPS) is 10.4. The van der Waals surface area contributed by atoms with Gasteiger partial charge in [0.05, 0.1) is 30.5 Å². The zero-order chi connectivity index (χ0) is 18.7. The summed E-state index contributed by atoms with van der Waals surface area (Å²) in [6.45, 7) is 4.22. The van der Waals surface area contributed by atoms with E-state index < -0.39 is 0 Å². The molecule has 2 aromatic carbocycles. The molecule has 2 N–H and O–H groups in total. The van der Waals surface area contributed by atoms with E-state index in [1.165, 1.54) is 6.20 Å². The number of nitrogens with zero attached hydrogens (tertiary/aromatic N) is 2. The van der Waals surface area contributed by atoms with E-state index in [4.69, 9.17) is 9.47 Å². The molecule has 0 unspecified atom stereocenters. The Balaban J connectivity index is 2.18. The van der Waals surface area contributed by atoms with Gasteiger partial charge in [-0.25, -0.2) is 0 Å². The van der Waals surface area contributed by atoms with Gasteiger partial charge in [-0.1, -0.05) is 6.07 Å². The number of pyridine rings is 1. The molecule has 0 amide bonds. The third-order valence-corrected chi connectivity index (χ3v) is 4.05. The van der Waals surface area contributed by atoms with Crippen LogP contribution in [0.2, 0.25) is 0 Å². The Morgan fingerprint density at radius 2 is 2.04 bits per heavy atom. The van der Waals surface area contributed by atoms with Crippen molar-refractivity contribution in [3.63, 3.8) is 0 Å². The van der Waals surface area contributed by atoms with Crippen LogP contribution in [0.5, 0.6) is 17.2 Å². The molecular weight excluding hydrogens is 330 g/mol. The second kappa shape index (κ2) is 7.19. The van der Waals surface area contributed by atoms with E-state index in [0.29, 0.717) is 40.6 Å². The maximum atomic E-state index is 9.94. The summed E-state index contributed by atoms with van der Waals surface area (Å²) in [6, 6.07) is 11.0. The van der Waals surface area contributed by atoms with Gasteiger partial charge in [-0.3, -0.25) is 4.98 Å². The monoisotopic (exact) mass is 349 g/mol. The van der Waals surface area contributed by atoms with Crippen LogP contribution in [0.4, 0.5) is 11.4 Å². The first-order valence-corrected chi connectivity index (χ1v) is 8.17. The molecule has 6 heteroatoms. The Labute approximate surface area is 151 Å². The summed E-state index contributed by atoms with van der Waals surface area (Å²) in [6.07, 6.45) is 1.51. The smallest absolute Gasteiger partial charge is 0.163 e. The summed E-state index contributed by atoms with van der Waals surface area (Å²) >= 11 is 0. The largest absolute Gasteiger partial charge is 0.508 e. The zero-order valence-corrected chi connectivity index (χ0v) is 14.8. The molecule has 0 bridgehead atoms. The molecule has 6 nitrogen and oxygen atoms in total. The van der Waals surface area contributed by atoms with Crippen molar-refractivity contribution in [3.8, 4) is 23.3 Å². The maximum Gasteiger partial charge on any atom is 0.163 e. The van der Waals surface area contributed by atoms with E-state index in [0.717, 1.165) is 10.9 Å². The van der Waals surface area contributed by atoms with Crippen LogP contribution in [0.3, 0.4) is 0 Å². The quantitative estimate of drug-likeness (QED) is 0.715. The molecule has 1 aromatic heterocycles. The van der Waals surface area contributed by atoms with Crippen molar-refractivity contribution in [2.24, 2.45) is 0 Å². The van der Waals surface area contributed by atoms with Crippen molar-refractivity contribution in [2.75, 3.05) is 19.0 Å². The average Bonchev–Trinajstić information content (AvgIpc) is 2.64. The molecule has 3 rings (SSSR count). The van der Waals surface area contributed by atoms with Crippen LogP contribution in [0.15, 0.2) is 36.5 Å². The minimum absolute atomic E-state index is 0.183. The van der Waals surface area contributed by atoms with Gasteiger partial charge >= 0.3 is 0 Å². The Morgan fingerprint density at radius 1 is 1.23 bits per heavy atom. The molecule has 132 valence electrons. The molecule has 1 heterocycles. The van der Waals surface area contributed by atoms with Crippen molar-refractivity contribution < 1.29 is 14.6 Å². The molecule has 0 radical (unpaired) electrons. The Hall–Kier alpha value is -3.46. The van der Waals surface area contributed by atoms with E-state index in [1.807, 2.05) is 19.9 Å². The lowest BCUT2D eigenvalue weighted by atomic mass is 10.1. The Bertz CT molecular complexity index is 1010. The van der Waals surface area contributed by atoms with Crippen LogP contribution in [0, 0.1) is 18.3 Å². The fourth-order valence-electron chi connectivity index (χ4n) is 2.68. The minimum Gasteiger partial charge on any atom is -0.508 e. The van der Waals surface area contributed by atoms with E-state index >= 15 is 0 Å². The highest BCUT2D eigenvalue weighted by atomic mass is 16.5. The van der Waals surface area contributed by atoms with Gasteiger partial charge in [0.2, 0.25) is 0 Å². The molecule has 0 fully saturated rings. The third kappa shape index (κ3) is 3.20. The Morgan fingerprint density at radius 3 is 2.69 bits per heavy atom. The number of ether oxygens (including phenoxy) is 2. The van der Waals surface area contributed by atoms with Crippen LogP contribution in [-0.4, -0.2) is 23.8 Å². The fourth-order valence-corrected chi connectivity index (χ4v) is 2.68. The van der Waals surface area contributed by atoms with Crippen molar-refractivity contribution >= 4 is 22.3 Å².